The van der Waals surface area contributed by atoms with Crippen LogP contribution in [-0.2, 0) is 17.8 Å². The summed E-state index contributed by atoms with van der Waals surface area (Å²) < 4.78 is 1.65. The van der Waals surface area contributed by atoms with Crippen LogP contribution in [0.15, 0.2) is 36.7 Å². The molecule has 0 radical (unpaired) electrons. The molecule has 2 N–H and O–H groups in total. The van der Waals surface area contributed by atoms with Gasteiger partial charge in [-0.25, -0.2) is 4.98 Å². The largest absolute Gasteiger partial charge is 0.351 e. The second-order valence-corrected chi connectivity index (χ2v) is 9.19. The number of carbonyl (C=O) groups is 3. The minimum Gasteiger partial charge on any atom is -0.351 e. The fourth-order valence-electron chi connectivity index (χ4n) is 4.98. The number of carbonyl (C=O) groups excluding carboxylic acids is 3. The van der Waals surface area contributed by atoms with Crippen LogP contribution in [0, 0.1) is 0 Å². The zero-order valence-electron chi connectivity index (χ0n) is 19.5. The Morgan fingerprint density at radius 1 is 1.18 bits per heavy atom. The molecule has 1 aliphatic heterocycles. The lowest BCUT2D eigenvalue weighted by atomic mass is 9.94. The molecule has 4 rings (SSSR count). The number of aryl methyl sites for hydroxylation is 1. The third-order valence-electron chi connectivity index (χ3n) is 6.84. The number of imidazole rings is 1. The summed E-state index contributed by atoms with van der Waals surface area (Å²) in [7, 11) is 0. The van der Waals surface area contributed by atoms with Crippen molar-refractivity contribution in [1.29, 1.82) is 0 Å². The number of aromatic nitrogens is 2. The van der Waals surface area contributed by atoms with E-state index in [0.29, 0.717) is 13.1 Å². The van der Waals surface area contributed by atoms with Crippen LogP contribution in [0.25, 0.3) is 0 Å². The Balaban J connectivity index is 1.44. The molecule has 1 fully saturated rings. The summed E-state index contributed by atoms with van der Waals surface area (Å²) in [6, 6.07) is 10.3. The predicted octanol–water partition coefficient (Wildman–Crippen LogP) is 2.54. The molecule has 2 aliphatic rings. The van der Waals surface area contributed by atoms with Crippen molar-refractivity contribution in [2.75, 3.05) is 13.1 Å². The summed E-state index contributed by atoms with van der Waals surface area (Å²) in [5.74, 6) is -0.837. The first-order chi connectivity index (χ1) is 15.9. The number of likely N-dealkylation sites (N-methyl/N-ethyl adjacent to an activating group) is 1. The van der Waals surface area contributed by atoms with E-state index >= 15 is 0 Å². The Bertz CT molecular complexity index is 1010. The van der Waals surface area contributed by atoms with Crippen LogP contribution in [0.3, 0.4) is 0 Å². The van der Waals surface area contributed by atoms with Gasteiger partial charge in [-0.05, 0) is 45.1 Å². The van der Waals surface area contributed by atoms with Crippen LogP contribution in [0.2, 0.25) is 0 Å². The highest BCUT2D eigenvalue weighted by Gasteiger charge is 2.48. The quantitative estimate of drug-likeness (QED) is 0.603. The van der Waals surface area contributed by atoms with E-state index in [0.717, 1.165) is 38.5 Å². The van der Waals surface area contributed by atoms with Gasteiger partial charge in [0.05, 0.1) is 12.9 Å². The molecule has 0 saturated heterocycles. The molecule has 0 spiro atoms. The molecule has 2 heterocycles. The van der Waals surface area contributed by atoms with Gasteiger partial charge in [0.25, 0.3) is 11.8 Å². The lowest BCUT2D eigenvalue weighted by Gasteiger charge is -2.43. The van der Waals surface area contributed by atoms with E-state index in [2.05, 4.69) is 27.8 Å². The Hall–Kier alpha value is -3.16. The number of fused-ring (bicyclic) bond motifs is 1. The molecule has 3 amide bonds. The first-order valence-electron chi connectivity index (χ1n) is 11.9. The van der Waals surface area contributed by atoms with E-state index in [-0.39, 0.29) is 41.7 Å². The molecule has 0 unspecified atom stereocenters. The second-order valence-electron chi connectivity index (χ2n) is 9.19. The number of nitrogens with zero attached hydrogens (tertiary/aromatic N) is 3. The molecule has 33 heavy (non-hydrogen) atoms. The van der Waals surface area contributed by atoms with Crippen LogP contribution in [0.1, 0.15) is 72.5 Å². The van der Waals surface area contributed by atoms with Crippen LogP contribution < -0.4 is 10.6 Å². The van der Waals surface area contributed by atoms with E-state index < -0.39 is 5.54 Å². The monoisotopic (exact) mass is 451 g/mol. The van der Waals surface area contributed by atoms with E-state index in [9.17, 15) is 14.4 Å². The molecule has 1 aliphatic carbocycles. The Morgan fingerprint density at radius 2 is 1.91 bits per heavy atom. The first-order valence-corrected chi connectivity index (χ1v) is 11.9. The Kier molecular flexibility index (Phi) is 6.81. The highest BCUT2D eigenvalue weighted by atomic mass is 16.2. The van der Waals surface area contributed by atoms with Crippen molar-refractivity contribution >= 4 is 17.7 Å². The van der Waals surface area contributed by atoms with Crippen molar-refractivity contribution in [1.82, 2.24) is 25.1 Å². The molecule has 8 heteroatoms. The zero-order chi connectivity index (χ0) is 23.4. The SMILES string of the molecule is CCN1C(=O)c2c(C(=O)NCCCc3ccccc3)ncn2C[C@]1(C)C(=O)NC1CCCC1. The summed E-state index contributed by atoms with van der Waals surface area (Å²) in [6.45, 7) is 4.79. The van der Waals surface area contributed by atoms with Crippen molar-refractivity contribution in [3.05, 3.63) is 53.6 Å². The van der Waals surface area contributed by atoms with Crippen molar-refractivity contribution in [2.24, 2.45) is 0 Å². The number of benzene rings is 1. The topological polar surface area (TPSA) is 96.3 Å². The van der Waals surface area contributed by atoms with Gasteiger partial charge in [-0.2, -0.15) is 0 Å². The fourth-order valence-corrected chi connectivity index (χ4v) is 4.98. The normalized spacial score (nSPS) is 20.5. The highest BCUT2D eigenvalue weighted by Crippen LogP contribution is 2.29. The van der Waals surface area contributed by atoms with Gasteiger partial charge in [0.1, 0.15) is 11.2 Å². The van der Waals surface area contributed by atoms with Gasteiger partial charge in [0.15, 0.2) is 5.69 Å². The average molecular weight is 452 g/mol. The van der Waals surface area contributed by atoms with Gasteiger partial charge in [-0.3, -0.25) is 14.4 Å². The van der Waals surface area contributed by atoms with E-state index in [4.69, 9.17) is 0 Å². The summed E-state index contributed by atoms with van der Waals surface area (Å²) in [5.41, 5.74) is 0.570. The third-order valence-corrected chi connectivity index (χ3v) is 6.84. The number of hydrogen-bond donors (Lipinski definition) is 2. The molecular formula is C25H33N5O3. The van der Waals surface area contributed by atoms with E-state index in [1.54, 1.807) is 16.4 Å². The van der Waals surface area contributed by atoms with Gasteiger partial charge in [-0.1, -0.05) is 43.2 Å². The second kappa shape index (κ2) is 9.77. The number of amides is 3. The lowest BCUT2D eigenvalue weighted by molar-refractivity contribution is -0.133. The smallest absolute Gasteiger partial charge is 0.273 e. The minimum absolute atomic E-state index is 0.122. The summed E-state index contributed by atoms with van der Waals surface area (Å²) in [6.07, 6.45) is 7.35. The number of nitrogens with one attached hydrogen (secondary N) is 2. The van der Waals surface area contributed by atoms with Gasteiger partial charge in [-0.15, -0.1) is 0 Å². The first kappa shape index (κ1) is 23.0. The average Bonchev–Trinajstić information content (AvgIpc) is 3.47. The molecule has 0 bridgehead atoms. The molecule has 1 aromatic carbocycles. The van der Waals surface area contributed by atoms with E-state index in [1.165, 1.54) is 11.9 Å². The maximum atomic E-state index is 13.4. The minimum atomic E-state index is -1.02. The van der Waals surface area contributed by atoms with Gasteiger partial charge in [0, 0.05) is 19.1 Å². The molecular weight excluding hydrogens is 418 g/mol. The molecule has 176 valence electrons. The maximum absolute atomic E-state index is 13.4. The van der Waals surface area contributed by atoms with Crippen molar-refractivity contribution < 1.29 is 14.4 Å². The van der Waals surface area contributed by atoms with Gasteiger partial charge >= 0.3 is 0 Å². The standard InChI is InChI=1S/C25H33N5O3/c1-3-30-23(32)21-20(22(31)26-15-9-12-18-10-5-4-6-11-18)27-17-29(21)16-25(30,2)24(33)28-19-13-7-8-14-19/h4-6,10-11,17,19H,3,7-9,12-16H2,1-2H3,(H,26,31)(H,28,33)/t25-/m1/s1. The third kappa shape index (κ3) is 4.65. The molecule has 1 aromatic heterocycles. The van der Waals surface area contributed by atoms with Gasteiger partial charge in [0.2, 0.25) is 5.91 Å². The van der Waals surface area contributed by atoms with Crippen LogP contribution in [0.5, 0.6) is 0 Å². The Labute approximate surface area is 194 Å². The van der Waals surface area contributed by atoms with Crippen molar-refractivity contribution in [2.45, 2.75) is 70.5 Å². The predicted molar refractivity (Wildman–Crippen MR) is 125 cm³/mol. The summed E-state index contributed by atoms with van der Waals surface area (Å²) >= 11 is 0. The van der Waals surface area contributed by atoms with Crippen LogP contribution in [-0.4, -0.2) is 56.8 Å². The zero-order valence-corrected chi connectivity index (χ0v) is 19.5. The number of hydrogen-bond acceptors (Lipinski definition) is 4. The molecule has 2 aromatic rings. The van der Waals surface area contributed by atoms with E-state index in [1.807, 2.05) is 25.1 Å². The fraction of sp³-hybridized carbons (Fsp3) is 0.520. The van der Waals surface area contributed by atoms with Gasteiger partial charge < -0.3 is 20.1 Å². The van der Waals surface area contributed by atoms with Crippen molar-refractivity contribution in [3.63, 3.8) is 0 Å². The Morgan fingerprint density at radius 3 is 2.61 bits per heavy atom. The number of rotatable bonds is 8. The molecule has 1 saturated carbocycles. The lowest BCUT2D eigenvalue weighted by Crippen LogP contribution is -2.64. The highest BCUT2D eigenvalue weighted by molar-refractivity contribution is 6.07. The molecule has 8 nitrogen and oxygen atoms in total. The maximum Gasteiger partial charge on any atom is 0.273 e. The summed E-state index contributed by atoms with van der Waals surface area (Å²) in [5, 5.41) is 6.02. The summed E-state index contributed by atoms with van der Waals surface area (Å²) in [4.78, 5) is 45.3. The van der Waals surface area contributed by atoms with Crippen LogP contribution >= 0.6 is 0 Å². The van der Waals surface area contributed by atoms with Crippen molar-refractivity contribution in [3.8, 4) is 0 Å². The molecule has 1 atom stereocenters. The van der Waals surface area contributed by atoms with Crippen LogP contribution in [0.4, 0.5) is 0 Å².